The summed E-state index contributed by atoms with van der Waals surface area (Å²) in [7, 11) is 0. The third kappa shape index (κ3) is 4.68. The standard InChI is InChI=1S/C19H23NO3S/c1-4-15(16-8-6-5-7-9-16)12-20-18(21)14(3)23-19(22)17-13(2)10-11-24-17/h5-11,14-15H,4,12H2,1-3H3,(H,20,21)/t14-,15-/m1/s1. The lowest BCUT2D eigenvalue weighted by atomic mass is 9.96. The number of benzene rings is 1. The third-order valence-corrected chi connectivity index (χ3v) is 4.98. The van der Waals surface area contributed by atoms with Crippen molar-refractivity contribution in [1.29, 1.82) is 0 Å². The summed E-state index contributed by atoms with van der Waals surface area (Å²) in [5.41, 5.74) is 2.06. The normalized spacial score (nSPS) is 13.1. The highest BCUT2D eigenvalue weighted by Crippen LogP contribution is 2.19. The Morgan fingerprint density at radius 1 is 1.21 bits per heavy atom. The summed E-state index contributed by atoms with van der Waals surface area (Å²) in [6.45, 7) is 6.06. The first-order valence-electron chi connectivity index (χ1n) is 8.10. The molecule has 0 saturated heterocycles. The van der Waals surface area contributed by atoms with E-state index in [0.717, 1.165) is 12.0 Å². The molecule has 1 aromatic heterocycles. The molecule has 0 aliphatic heterocycles. The van der Waals surface area contributed by atoms with Crippen LogP contribution in [-0.2, 0) is 9.53 Å². The lowest BCUT2D eigenvalue weighted by Crippen LogP contribution is -2.38. The minimum atomic E-state index is -0.813. The van der Waals surface area contributed by atoms with E-state index in [1.807, 2.05) is 36.6 Å². The van der Waals surface area contributed by atoms with Gasteiger partial charge in [0, 0.05) is 12.5 Å². The number of hydrogen-bond donors (Lipinski definition) is 1. The molecule has 0 saturated carbocycles. The Balaban J connectivity index is 1.87. The molecule has 2 aromatic rings. The van der Waals surface area contributed by atoms with Crippen molar-refractivity contribution in [1.82, 2.24) is 5.32 Å². The van der Waals surface area contributed by atoms with Gasteiger partial charge in [0.05, 0.1) is 0 Å². The summed E-state index contributed by atoms with van der Waals surface area (Å²) >= 11 is 1.32. The predicted octanol–water partition coefficient (Wildman–Crippen LogP) is 3.91. The van der Waals surface area contributed by atoms with Crippen molar-refractivity contribution in [2.75, 3.05) is 6.54 Å². The molecule has 1 N–H and O–H groups in total. The minimum absolute atomic E-state index is 0.248. The highest BCUT2D eigenvalue weighted by molar-refractivity contribution is 7.12. The number of thiophene rings is 1. The number of ether oxygens (including phenoxy) is 1. The van der Waals surface area contributed by atoms with Crippen LogP contribution in [0.3, 0.4) is 0 Å². The summed E-state index contributed by atoms with van der Waals surface area (Å²) in [5, 5.41) is 4.72. The van der Waals surface area contributed by atoms with Gasteiger partial charge in [0.25, 0.3) is 5.91 Å². The van der Waals surface area contributed by atoms with E-state index in [9.17, 15) is 9.59 Å². The Kier molecular flexibility index (Phi) is 6.55. The van der Waals surface area contributed by atoms with E-state index in [1.165, 1.54) is 16.9 Å². The number of nitrogens with one attached hydrogen (secondary N) is 1. The smallest absolute Gasteiger partial charge is 0.349 e. The Morgan fingerprint density at radius 2 is 1.92 bits per heavy atom. The quantitative estimate of drug-likeness (QED) is 0.774. The zero-order valence-electron chi connectivity index (χ0n) is 14.2. The summed E-state index contributed by atoms with van der Waals surface area (Å²) in [4.78, 5) is 24.8. The molecule has 0 radical (unpaired) electrons. The van der Waals surface area contributed by atoms with E-state index in [0.29, 0.717) is 11.4 Å². The van der Waals surface area contributed by atoms with Crippen LogP contribution in [0.5, 0.6) is 0 Å². The highest BCUT2D eigenvalue weighted by atomic mass is 32.1. The van der Waals surface area contributed by atoms with Gasteiger partial charge in [-0.1, -0.05) is 37.3 Å². The molecule has 128 valence electrons. The van der Waals surface area contributed by atoms with Gasteiger partial charge in [-0.2, -0.15) is 0 Å². The Morgan fingerprint density at radius 3 is 2.50 bits per heavy atom. The molecule has 4 nitrogen and oxygen atoms in total. The molecular weight excluding hydrogens is 322 g/mol. The van der Waals surface area contributed by atoms with Crippen molar-refractivity contribution in [3.8, 4) is 0 Å². The number of rotatable bonds is 7. The molecule has 0 unspecified atom stereocenters. The van der Waals surface area contributed by atoms with Gasteiger partial charge in [0.1, 0.15) is 4.88 Å². The number of esters is 1. The molecule has 0 spiro atoms. The second kappa shape index (κ2) is 8.64. The lowest BCUT2D eigenvalue weighted by Gasteiger charge is -2.18. The van der Waals surface area contributed by atoms with Gasteiger partial charge in [0.15, 0.2) is 6.10 Å². The van der Waals surface area contributed by atoms with E-state index in [-0.39, 0.29) is 11.8 Å². The SMILES string of the molecule is CC[C@H](CNC(=O)[C@@H](C)OC(=O)c1sccc1C)c1ccccc1. The van der Waals surface area contributed by atoms with Gasteiger partial charge in [-0.25, -0.2) is 4.79 Å². The van der Waals surface area contributed by atoms with E-state index in [2.05, 4.69) is 24.4 Å². The fraction of sp³-hybridized carbons (Fsp3) is 0.368. The van der Waals surface area contributed by atoms with Gasteiger partial charge < -0.3 is 10.1 Å². The van der Waals surface area contributed by atoms with Crippen LogP contribution < -0.4 is 5.32 Å². The van der Waals surface area contributed by atoms with Crippen molar-refractivity contribution < 1.29 is 14.3 Å². The molecule has 1 heterocycles. The van der Waals surface area contributed by atoms with Crippen LogP contribution in [0.1, 0.15) is 47.0 Å². The third-order valence-electron chi connectivity index (χ3n) is 3.99. The van der Waals surface area contributed by atoms with Crippen molar-refractivity contribution in [3.63, 3.8) is 0 Å². The molecule has 1 aromatic carbocycles. The van der Waals surface area contributed by atoms with Gasteiger partial charge in [-0.05, 0) is 42.8 Å². The van der Waals surface area contributed by atoms with Crippen LogP contribution in [0.2, 0.25) is 0 Å². The Hall–Kier alpha value is -2.14. The fourth-order valence-electron chi connectivity index (χ4n) is 2.44. The summed E-state index contributed by atoms with van der Waals surface area (Å²) in [6.07, 6.45) is 0.111. The molecule has 1 amide bonds. The van der Waals surface area contributed by atoms with Crippen LogP contribution in [0.15, 0.2) is 41.8 Å². The van der Waals surface area contributed by atoms with Crippen LogP contribution in [0.25, 0.3) is 0 Å². The second-order valence-electron chi connectivity index (χ2n) is 5.74. The van der Waals surface area contributed by atoms with Gasteiger partial charge in [-0.3, -0.25) is 4.79 Å². The molecule has 0 aliphatic carbocycles. The number of carbonyl (C=O) groups is 2. The molecule has 2 atom stereocenters. The topological polar surface area (TPSA) is 55.4 Å². The van der Waals surface area contributed by atoms with Gasteiger partial charge in [0.2, 0.25) is 0 Å². The summed E-state index contributed by atoms with van der Waals surface area (Å²) < 4.78 is 5.27. The maximum Gasteiger partial charge on any atom is 0.349 e. The number of aryl methyl sites for hydroxylation is 1. The number of amides is 1. The molecule has 0 fully saturated rings. The molecule has 5 heteroatoms. The summed E-state index contributed by atoms with van der Waals surface area (Å²) in [6, 6.07) is 11.9. The molecule has 0 aliphatic rings. The zero-order chi connectivity index (χ0) is 17.5. The predicted molar refractivity (Wildman–Crippen MR) is 96.4 cm³/mol. The average molecular weight is 345 g/mol. The summed E-state index contributed by atoms with van der Waals surface area (Å²) in [5.74, 6) is -0.468. The molecule has 2 rings (SSSR count). The number of hydrogen-bond acceptors (Lipinski definition) is 4. The zero-order valence-corrected chi connectivity index (χ0v) is 15.1. The Labute approximate surface area is 146 Å². The minimum Gasteiger partial charge on any atom is -0.448 e. The lowest BCUT2D eigenvalue weighted by molar-refractivity contribution is -0.129. The van der Waals surface area contributed by atoms with E-state index in [4.69, 9.17) is 4.74 Å². The van der Waals surface area contributed by atoms with Crippen LogP contribution in [0.4, 0.5) is 0 Å². The van der Waals surface area contributed by atoms with Crippen molar-refractivity contribution in [3.05, 3.63) is 57.8 Å². The largest absolute Gasteiger partial charge is 0.448 e. The van der Waals surface area contributed by atoms with Crippen LogP contribution >= 0.6 is 11.3 Å². The Bertz CT molecular complexity index is 681. The maximum atomic E-state index is 12.2. The van der Waals surface area contributed by atoms with Crippen molar-refractivity contribution in [2.45, 2.75) is 39.2 Å². The first kappa shape index (κ1) is 18.2. The number of carbonyl (C=O) groups excluding carboxylic acids is 2. The first-order valence-corrected chi connectivity index (χ1v) is 8.98. The van der Waals surface area contributed by atoms with Crippen LogP contribution in [0, 0.1) is 6.92 Å². The average Bonchev–Trinajstić information content (AvgIpc) is 3.02. The molecule has 0 bridgehead atoms. The highest BCUT2D eigenvalue weighted by Gasteiger charge is 2.21. The van der Waals surface area contributed by atoms with Gasteiger partial charge in [-0.15, -0.1) is 11.3 Å². The molecular formula is C19H23NO3S. The maximum absolute atomic E-state index is 12.2. The van der Waals surface area contributed by atoms with E-state index < -0.39 is 12.1 Å². The monoisotopic (exact) mass is 345 g/mol. The second-order valence-corrected chi connectivity index (χ2v) is 6.66. The van der Waals surface area contributed by atoms with Crippen molar-refractivity contribution in [2.24, 2.45) is 0 Å². The van der Waals surface area contributed by atoms with E-state index in [1.54, 1.807) is 6.92 Å². The first-order chi connectivity index (χ1) is 11.5. The van der Waals surface area contributed by atoms with E-state index >= 15 is 0 Å². The van der Waals surface area contributed by atoms with Gasteiger partial charge >= 0.3 is 5.97 Å². The van der Waals surface area contributed by atoms with Crippen molar-refractivity contribution >= 4 is 23.2 Å². The van der Waals surface area contributed by atoms with Crippen LogP contribution in [-0.4, -0.2) is 24.5 Å². The fourth-order valence-corrected chi connectivity index (χ4v) is 3.25. The molecule has 24 heavy (non-hydrogen) atoms.